The molecule has 0 saturated heterocycles. The minimum Gasteiger partial charge on any atom is -0.481 e. The van der Waals surface area contributed by atoms with E-state index in [4.69, 9.17) is 9.84 Å². The van der Waals surface area contributed by atoms with Crippen LogP contribution in [0.25, 0.3) is 11.1 Å². The number of alkyl carbamates (subject to hydrolysis) is 1. The van der Waals surface area contributed by atoms with Crippen molar-refractivity contribution < 1.29 is 24.2 Å². The predicted molar refractivity (Wildman–Crippen MR) is 121 cm³/mol. The second kappa shape index (κ2) is 10.8. The van der Waals surface area contributed by atoms with Crippen molar-refractivity contribution in [1.82, 2.24) is 10.6 Å². The van der Waals surface area contributed by atoms with Crippen LogP contribution in [-0.4, -0.2) is 42.3 Å². The number of fused-ring (bicyclic) bond motifs is 3. The normalized spacial score (nSPS) is 14.1. The molecule has 2 aromatic carbocycles. The molecule has 0 radical (unpaired) electrons. The Hall–Kier alpha value is -3.35. The zero-order valence-electron chi connectivity index (χ0n) is 18.5. The summed E-state index contributed by atoms with van der Waals surface area (Å²) >= 11 is 0. The first-order valence-electron chi connectivity index (χ1n) is 11.0. The molecule has 3 N–H and O–H groups in total. The van der Waals surface area contributed by atoms with Crippen molar-refractivity contribution >= 4 is 18.0 Å². The van der Waals surface area contributed by atoms with Gasteiger partial charge in [0.05, 0.1) is 5.92 Å². The van der Waals surface area contributed by atoms with Crippen LogP contribution in [0.4, 0.5) is 4.79 Å². The van der Waals surface area contributed by atoms with Crippen LogP contribution in [-0.2, 0) is 14.3 Å². The maximum absolute atomic E-state index is 12.4. The van der Waals surface area contributed by atoms with Gasteiger partial charge in [-0.1, -0.05) is 62.4 Å². The van der Waals surface area contributed by atoms with Crippen molar-refractivity contribution in [3.8, 4) is 11.1 Å². The number of ether oxygens (including phenoxy) is 1. The molecule has 0 bridgehead atoms. The Balaban J connectivity index is 1.50. The average Bonchev–Trinajstić information content (AvgIpc) is 3.12. The molecule has 2 unspecified atom stereocenters. The monoisotopic (exact) mass is 438 g/mol. The summed E-state index contributed by atoms with van der Waals surface area (Å²) in [5, 5.41) is 14.3. The lowest BCUT2D eigenvalue weighted by Gasteiger charge is -2.19. The molecule has 2 aromatic rings. The number of hydrogen-bond donors (Lipinski definition) is 3. The van der Waals surface area contributed by atoms with Gasteiger partial charge in [0.1, 0.15) is 12.6 Å². The van der Waals surface area contributed by atoms with Gasteiger partial charge < -0.3 is 20.5 Å². The van der Waals surface area contributed by atoms with E-state index in [0.717, 1.165) is 22.3 Å². The largest absolute Gasteiger partial charge is 0.481 e. The molecule has 3 rings (SSSR count). The van der Waals surface area contributed by atoms with E-state index in [2.05, 4.69) is 34.9 Å². The van der Waals surface area contributed by atoms with Crippen LogP contribution in [0.5, 0.6) is 0 Å². The molecule has 0 heterocycles. The van der Waals surface area contributed by atoms with Gasteiger partial charge in [0.25, 0.3) is 0 Å². The molecule has 7 nitrogen and oxygen atoms in total. The van der Waals surface area contributed by atoms with Gasteiger partial charge in [0.15, 0.2) is 0 Å². The fourth-order valence-corrected chi connectivity index (χ4v) is 4.00. The molecule has 7 heteroatoms. The van der Waals surface area contributed by atoms with E-state index in [-0.39, 0.29) is 18.4 Å². The lowest BCUT2D eigenvalue weighted by molar-refractivity contribution is -0.141. The standard InChI is InChI=1S/C25H30N2O5/c1-3-22(23(28)26-14-8-9-16(2)24(29)30)27-25(31)32-15-21-19-12-6-4-10-17(19)18-11-5-7-13-20(18)21/h4-7,10-13,16,21-22H,3,8-9,14-15H2,1-2H3,(H,26,28)(H,27,31)(H,29,30). The fraction of sp³-hybridized carbons (Fsp3) is 0.400. The van der Waals surface area contributed by atoms with Crippen LogP contribution >= 0.6 is 0 Å². The van der Waals surface area contributed by atoms with Crippen molar-refractivity contribution in [2.24, 2.45) is 5.92 Å². The number of carboxylic acids is 1. The Morgan fingerprint density at radius 3 is 2.19 bits per heavy atom. The number of carbonyl (C=O) groups is 3. The zero-order valence-corrected chi connectivity index (χ0v) is 18.5. The van der Waals surface area contributed by atoms with E-state index in [1.807, 2.05) is 24.3 Å². The Morgan fingerprint density at radius 2 is 1.62 bits per heavy atom. The summed E-state index contributed by atoms with van der Waals surface area (Å²) in [7, 11) is 0. The SMILES string of the molecule is CCC(NC(=O)OCC1c2ccccc2-c2ccccc21)C(=O)NCCCC(C)C(=O)O. The number of carboxylic acid groups (broad SMARTS) is 1. The molecule has 170 valence electrons. The minimum atomic E-state index is -0.848. The Bertz CT molecular complexity index is 929. The van der Waals surface area contributed by atoms with Gasteiger partial charge in [0.2, 0.25) is 5.91 Å². The smallest absolute Gasteiger partial charge is 0.407 e. The predicted octanol–water partition coefficient (Wildman–Crippen LogP) is 3.92. The number of carbonyl (C=O) groups excluding carboxylic acids is 2. The van der Waals surface area contributed by atoms with E-state index in [0.29, 0.717) is 25.8 Å². The van der Waals surface area contributed by atoms with Crippen LogP contribution < -0.4 is 10.6 Å². The Labute approximate surface area is 188 Å². The average molecular weight is 439 g/mol. The van der Waals surface area contributed by atoms with Crippen LogP contribution in [0.15, 0.2) is 48.5 Å². The van der Waals surface area contributed by atoms with Crippen molar-refractivity contribution in [3.05, 3.63) is 59.7 Å². The van der Waals surface area contributed by atoms with Crippen LogP contribution in [0.3, 0.4) is 0 Å². The van der Waals surface area contributed by atoms with Crippen LogP contribution in [0.1, 0.15) is 50.2 Å². The maximum Gasteiger partial charge on any atom is 0.407 e. The van der Waals surface area contributed by atoms with Gasteiger partial charge in [-0.2, -0.15) is 0 Å². The number of nitrogens with one attached hydrogen (secondary N) is 2. The van der Waals surface area contributed by atoms with Crippen molar-refractivity contribution in [2.75, 3.05) is 13.2 Å². The van der Waals surface area contributed by atoms with Crippen molar-refractivity contribution in [3.63, 3.8) is 0 Å². The number of benzene rings is 2. The lowest BCUT2D eigenvalue weighted by atomic mass is 9.98. The van der Waals surface area contributed by atoms with E-state index in [1.165, 1.54) is 0 Å². The maximum atomic E-state index is 12.4. The Morgan fingerprint density at radius 1 is 1.03 bits per heavy atom. The van der Waals surface area contributed by atoms with Gasteiger partial charge in [-0.15, -0.1) is 0 Å². The van der Waals surface area contributed by atoms with Gasteiger partial charge in [0, 0.05) is 12.5 Å². The summed E-state index contributed by atoms with van der Waals surface area (Å²) in [5.74, 6) is -1.64. The molecule has 2 amide bonds. The Kier molecular flexibility index (Phi) is 7.87. The zero-order chi connectivity index (χ0) is 23.1. The minimum absolute atomic E-state index is 0.0433. The molecule has 0 aliphatic heterocycles. The topological polar surface area (TPSA) is 105 Å². The number of amides is 2. The first-order valence-corrected chi connectivity index (χ1v) is 11.0. The van der Waals surface area contributed by atoms with E-state index >= 15 is 0 Å². The highest BCUT2D eigenvalue weighted by Crippen LogP contribution is 2.44. The molecule has 0 spiro atoms. The molecule has 2 atom stereocenters. The second-order valence-electron chi connectivity index (χ2n) is 8.10. The highest BCUT2D eigenvalue weighted by atomic mass is 16.5. The molecular weight excluding hydrogens is 408 g/mol. The molecule has 0 aromatic heterocycles. The van der Waals surface area contributed by atoms with Crippen molar-refractivity contribution in [1.29, 1.82) is 0 Å². The molecule has 32 heavy (non-hydrogen) atoms. The molecule has 0 saturated carbocycles. The summed E-state index contributed by atoms with van der Waals surface area (Å²) in [6.07, 6.45) is 0.822. The fourth-order valence-electron chi connectivity index (χ4n) is 4.00. The summed E-state index contributed by atoms with van der Waals surface area (Å²) in [5.41, 5.74) is 4.56. The third-order valence-electron chi connectivity index (χ3n) is 5.90. The third kappa shape index (κ3) is 5.46. The summed E-state index contributed by atoms with van der Waals surface area (Å²) in [4.78, 5) is 35.6. The molecule has 1 aliphatic rings. The van der Waals surface area contributed by atoms with Crippen LogP contribution in [0, 0.1) is 5.92 Å². The third-order valence-corrected chi connectivity index (χ3v) is 5.90. The highest BCUT2D eigenvalue weighted by molar-refractivity contribution is 5.85. The highest BCUT2D eigenvalue weighted by Gasteiger charge is 2.29. The van der Waals surface area contributed by atoms with Gasteiger partial charge in [-0.25, -0.2) is 4.79 Å². The van der Waals surface area contributed by atoms with Gasteiger partial charge >= 0.3 is 12.1 Å². The van der Waals surface area contributed by atoms with Gasteiger partial charge in [-0.05, 0) is 41.5 Å². The first kappa shape index (κ1) is 23.3. The number of aliphatic carboxylic acids is 1. The van der Waals surface area contributed by atoms with E-state index in [9.17, 15) is 14.4 Å². The molecule has 1 aliphatic carbocycles. The number of rotatable bonds is 10. The quantitative estimate of drug-likeness (QED) is 0.488. The first-order chi connectivity index (χ1) is 15.4. The van der Waals surface area contributed by atoms with Crippen molar-refractivity contribution in [2.45, 2.75) is 45.1 Å². The van der Waals surface area contributed by atoms with Gasteiger partial charge in [-0.3, -0.25) is 9.59 Å². The lowest BCUT2D eigenvalue weighted by Crippen LogP contribution is -2.47. The van der Waals surface area contributed by atoms with E-state index < -0.39 is 24.0 Å². The second-order valence-corrected chi connectivity index (χ2v) is 8.10. The van der Waals surface area contributed by atoms with E-state index in [1.54, 1.807) is 13.8 Å². The molecule has 0 fully saturated rings. The summed E-state index contributed by atoms with van der Waals surface area (Å²) < 4.78 is 5.51. The summed E-state index contributed by atoms with van der Waals surface area (Å²) in [6, 6.07) is 15.5. The number of hydrogen-bond acceptors (Lipinski definition) is 4. The van der Waals surface area contributed by atoms with Crippen LogP contribution in [0.2, 0.25) is 0 Å². The summed E-state index contributed by atoms with van der Waals surface area (Å²) in [6.45, 7) is 3.99. The molecular formula is C25H30N2O5.